The molecule has 0 saturated carbocycles. The fourth-order valence-electron chi connectivity index (χ4n) is 0.932. The summed E-state index contributed by atoms with van der Waals surface area (Å²) in [5.74, 6) is -0.777. The Morgan fingerprint density at radius 1 is 1.25 bits per heavy atom. The van der Waals surface area contributed by atoms with E-state index in [0.717, 1.165) is 0 Å². The molecule has 0 aromatic heterocycles. The van der Waals surface area contributed by atoms with Gasteiger partial charge in [0.1, 0.15) is 6.61 Å². The smallest absolute Gasteiger partial charge is 0.308 e. The third-order valence-corrected chi connectivity index (χ3v) is 1.75. The van der Waals surface area contributed by atoms with Crippen molar-refractivity contribution in [1.29, 1.82) is 0 Å². The molecule has 0 bridgehead atoms. The molecular formula is C10H8F4O2. The zero-order chi connectivity index (χ0) is 12.2. The lowest BCUT2D eigenvalue weighted by atomic mass is 10.1. The molecule has 0 heterocycles. The number of hydrogen-bond acceptors (Lipinski definition) is 2. The van der Waals surface area contributed by atoms with Crippen molar-refractivity contribution >= 4 is 5.78 Å². The van der Waals surface area contributed by atoms with Gasteiger partial charge in [0.25, 0.3) is 0 Å². The number of ketones is 1. The topological polar surface area (TPSA) is 26.3 Å². The number of carbonyl (C=O) groups is 1. The van der Waals surface area contributed by atoms with E-state index in [9.17, 15) is 22.4 Å². The molecule has 0 aliphatic rings. The number of rotatable bonds is 5. The van der Waals surface area contributed by atoms with E-state index >= 15 is 0 Å². The number of hydrogen-bond donors (Lipinski definition) is 0. The third kappa shape index (κ3) is 3.30. The lowest BCUT2D eigenvalue weighted by Gasteiger charge is -2.14. The minimum Gasteiger partial charge on any atom is -0.308 e. The summed E-state index contributed by atoms with van der Waals surface area (Å²) in [5, 5.41) is 0. The van der Waals surface area contributed by atoms with E-state index in [1.807, 2.05) is 0 Å². The summed E-state index contributed by atoms with van der Waals surface area (Å²) in [5.41, 5.74) is 0.132. The molecule has 88 valence electrons. The zero-order valence-corrected chi connectivity index (χ0v) is 8.00. The van der Waals surface area contributed by atoms with E-state index in [0.29, 0.717) is 0 Å². The minimum absolute atomic E-state index is 0.132. The van der Waals surface area contributed by atoms with Crippen LogP contribution >= 0.6 is 0 Å². The highest BCUT2D eigenvalue weighted by molar-refractivity contribution is 5.97. The van der Waals surface area contributed by atoms with Crippen LogP contribution in [0.4, 0.5) is 17.6 Å². The molecule has 0 atom stereocenters. The summed E-state index contributed by atoms with van der Waals surface area (Å²) in [6, 6.07) is 7.45. The van der Waals surface area contributed by atoms with Crippen molar-refractivity contribution < 1.29 is 27.1 Å². The van der Waals surface area contributed by atoms with Crippen LogP contribution in [0, 0.1) is 0 Å². The summed E-state index contributed by atoms with van der Waals surface area (Å²) in [4.78, 5) is 11.2. The average Bonchev–Trinajstić information content (AvgIpc) is 2.27. The predicted molar refractivity (Wildman–Crippen MR) is 47.7 cm³/mol. The second-order valence-corrected chi connectivity index (χ2v) is 2.94. The molecule has 0 aliphatic carbocycles. The van der Waals surface area contributed by atoms with Crippen LogP contribution in [0.5, 0.6) is 0 Å². The summed E-state index contributed by atoms with van der Waals surface area (Å²) < 4.78 is 51.5. The Labute approximate surface area is 88.8 Å². The molecule has 0 saturated heterocycles. The summed E-state index contributed by atoms with van der Waals surface area (Å²) in [7, 11) is 0. The number of ether oxygens (including phenoxy) is 1. The Morgan fingerprint density at radius 2 is 1.81 bits per heavy atom. The van der Waals surface area contributed by atoms with E-state index in [1.54, 1.807) is 6.07 Å². The summed E-state index contributed by atoms with van der Waals surface area (Å²) in [6.07, 6.45) is -8.54. The number of alkyl halides is 4. The third-order valence-electron chi connectivity index (χ3n) is 1.75. The molecule has 0 N–H and O–H groups in total. The Kier molecular flexibility index (Phi) is 4.00. The van der Waals surface area contributed by atoms with Gasteiger partial charge < -0.3 is 4.74 Å². The molecule has 0 fully saturated rings. The van der Waals surface area contributed by atoms with Crippen LogP contribution in [0.15, 0.2) is 30.3 Å². The first kappa shape index (κ1) is 12.6. The Bertz CT molecular complexity index is 351. The van der Waals surface area contributed by atoms with Crippen molar-refractivity contribution in [2.75, 3.05) is 6.61 Å². The molecule has 0 radical (unpaired) electrons. The maximum atomic E-state index is 12.3. The number of Topliss-reactive ketones (excluding diaryl/α,β-unsaturated/α-hetero) is 1. The maximum absolute atomic E-state index is 12.3. The molecular weight excluding hydrogens is 228 g/mol. The first-order valence-electron chi connectivity index (χ1n) is 4.31. The second kappa shape index (κ2) is 5.07. The lowest BCUT2D eigenvalue weighted by molar-refractivity contribution is -0.294. The Hall–Kier alpha value is -1.43. The van der Waals surface area contributed by atoms with E-state index in [1.165, 1.54) is 24.3 Å². The van der Waals surface area contributed by atoms with Crippen LogP contribution in [-0.2, 0) is 4.74 Å². The quantitative estimate of drug-likeness (QED) is 0.580. The first-order valence-corrected chi connectivity index (χ1v) is 4.31. The fourth-order valence-corrected chi connectivity index (χ4v) is 0.932. The molecule has 1 aromatic rings. The van der Waals surface area contributed by atoms with E-state index < -0.39 is 24.9 Å². The van der Waals surface area contributed by atoms with Crippen LogP contribution in [0.3, 0.4) is 0 Å². The van der Waals surface area contributed by atoms with Crippen molar-refractivity contribution in [3.8, 4) is 0 Å². The highest BCUT2D eigenvalue weighted by Crippen LogP contribution is 2.24. The molecule has 16 heavy (non-hydrogen) atoms. The van der Waals surface area contributed by atoms with Crippen LogP contribution in [-0.4, -0.2) is 24.9 Å². The number of halogens is 4. The van der Waals surface area contributed by atoms with Gasteiger partial charge in [-0.2, -0.15) is 8.78 Å². The van der Waals surface area contributed by atoms with E-state index in [2.05, 4.69) is 4.74 Å². The van der Waals surface area contributed by atoms with Crippen molar-refractivity contribution in [2.45, 2.75) is 12.5 Å². The van der Waals surface area contributed by atoms with Crippen LogP contribution in [0.1, 0.15) is 10.4 Å². The van der Waals surface area contributed by atoms with Crippen molar-refractivity contribution in [3.63, 3.8) is 0 Å². The highest BCUT2D eigenvalue weighted by atomic mass is 19.3. The minimum atomic E-state index is -4.59. The molecule has 2 nitrogen and oxygen atoms in total. The standard InChI is InChI=1S/C10H8F4O2/c11-9(12)10(13,14)16-6-8(15)7-4-2-1-3-5-7/h1-5,9H,6H2. The first-order chi connectivity index (χ1) is 7.43. The zero-order valence-electron chi connectivity index (χ0n) is 8.00. The Morgan fingerprint density at radius 3 is 2.31 bits per heavy atom. The van der Waals surface area contributed by atoms with Gasteiger partial charge in [0, 0.05) is 5.56 Å². The monoisotopic (exact) mass is 236 g/mol. The molecule has 0 unspecified atom stereocenters. The van der Waals surface area contributed by atoms with E-state index in [4.69, 9.17) is 0 Å². The number of benzene rings is 1. The van der Waals surface area contributed by atoms with Crippen LogP contribution < -0.4 is 0 Å². The molecule has 0 aliphatic heterocycles. The predicted octanol–water partition coefficient (Wildman–Crippen LogP) is 2.74. The SMILES string of the molecule is O=C(COC(F)(F)C(F)F)c1ccccc1. The van der Waals surface area contributed by atoms with Gasteiger partial charge in [-0.15, -0.1) is 0 Å². The van der Waals surface area contributed by atoms with Gasteiger partial charge in [-0.05, 0) is 0 Å². The second-order valence-electron chi connectivity index (χ2n) is 2.94. The highest BCUT2D eigenvalue weighted by Gasteiger charge is 2.42. The summed E-state index contributed by atoms with van der Waals surface area (Å²) >= 11 is 0. The average molecular weight is 236 g/mol. The fraction of sp³-hybridized carbons (Fsp3) is 0.300. The molecule has 1 rings (SSSR count). The van der Waals surface area contributed by atoms with E-state index in [-0.39, 0.29) is 5.56 Å². The van der Waals surface area contributed by atoms with Crippen molar-refractivity contribution in [2.24, 2.45) is 0 Å². The van der Waals surface area contributed by atoms with Crippen molar-refractivity contribution in [1.82, 2.24) is 0 Å². The largest absolute Gasteiger partial charge is 0.416 e. The molecule has 6 heteroatoms. The summed E-state index contributed by atoms with van der Waals surface area (Å²) in [6.45, 7) is -1.08. The lowest BCUT2D eigenvalue weighted by Crippen LogP contribution is -2.32. The van der Waals surface area contributed by atoms with Gasteiger partial charge in [0.2, 0.25) is 0 Å². The van der Waals surface area contributed by atoms with Crippen molar-refractivity contribution in [3.05, 3.63) is 35.9 Å². The van der Waals surface area contributed by atoms with Crippen LogP contribution in [0.2, 0.25) is 0 Å². The Balaban J connectivity index is 2.54. The van der Waals surface area contributed by atoms with Crippen LogP contribution in [0.25, 0.3) is 0 Å². The molecule has 0 spiro atoms. The van der Waals surface area contributed by atoms with Gasteiger partial charge in [-0.25, -0.2) is 8.78 Å². The van der Waals surface area contributed by atoms with Gasteiger partial charge in [-0.1, -0.05) is 30.3 Å². The number of carbonyl (C=O) groups excluding carboxylic acids is 1. The van der Waals surface area contributed by atoms with Gasteiger partial charge in [0.05, 0.1) is 0 Å². The van der Waals surface area contributed by atoms with Gasteiger partial charge in [-0.3, -0.25) is 4.79 Å². The maximum Gasteiger partial charge on any atom is 0.416 e. The molecule has 0 amide bonds. The van der Waals surface area contributed by atoms with Gasteiger partial charge in [0.15, 0.2) is 5.78 Å². The molecule has 1 aromatic carbocycles. The normalized spacial score (nSPS) is 11.8. The van der Waals surface area contributed by atoms with Gasteiger partial charge >= 0.3 is 12.5 Å².